The van der Waals surface area contributed by atoms with E-state index in [1.807, 2.05) is 0 Å². The largest absolute Gasteiger partial charge is 0.491 e. The first-order valence-electron chi connectivity index (χ1n) is 6.78. The van der Waals surface area contributed by atoms with E-state index in [9.17, 15) is 18.0 Å². The number of alkyl halides is 3. The molecule has 0 aliphatic carbocycles. The van der Waals surface area contributed by atoms with Gasteiger partial charge < -0.3 is 10.1 Å². The Morgan fingerprint density at radius 2 is 2.17 bits per heavy atom. The van der Waals surface area contributed by atoms with Crippen LogP contribution >= 0.6 is 24.2 Å². The number of carbonyl (C=O) groups excluding carboxylic acids is 1. The first-order chi connectivity index (χ1) is 10.4. The van der Waals surface area contributed by atoms with Gasteiger partial charge in [-0.3, -0.25) is 10.1 Å². The maximum Gasteiger partial charge on any atom is 0.419 e. The van der Waals surface area contributed by atoms with E-state index in [1.165, 1.54) is 18.2 Å². The molecule has 1 heterocycles. The number of amides is 1. The van der Waals surface area contributed by atoms with Crippen molar-refractivity contribution in [1.29, 1.82) is 0 Å². The fourth-order valence-electron chi connectivity index (χ4n) is 1.99. The Bertz CT molecular complexity index is 525. The lowest BCUT2D eigenvalue weighted by Crippen LogP contribution is -2.47. The zero-order chi connectivity index (χ0) is 16.2. The van der Waals surface area contributed by atoms with Crippen LogP contribution in [0.2, 0.25) is 0 Å². The van der Waals surface area contributed by atoms with Gasteiger partial charge in [-0.25, -0.2) is 0 Å². The highest BCUT2D eigenvalue weighted by atomic mass is 35.5. The Labute approximate surface area is 142 Å². The van der Waals surface area contributed by atoms with Crippen LogP contribution in [-0.4, -0.2) is 36.2 Å². The third kappa shape index (κ3) is 5.78. The zero-order valence-electron chi connectivity index (χ0n) is 12.4. The smallest absolute Gasteiger partial charge is 0.419 e. The van der Waals surface area contributed by atoms with E-state index in [1.54, 1.807) is 18.7 Å². The number of hydrogen-bond acceptors (Lipinski definition) is 4. The van der Waals surface area contributed by atoms with Crippen molar-refractivity contribution in [2.75, 3.05) is 18.2 Å². The standard InChI is InChI=1S/C14H17F3N2O2S.ClH/c1-9(19-13(20)11-7-22-8-18-11)6-21-12-5-3-2-4-10(12)14(15,16)17;/h2-5,9,11,18H,6-8H2,1H3,(H,19,20);1H. The van der Waals surface area contributed by atoms with Crippen LogP contribution in [0.5, 0.6) is 5.75 Å². The van der Waals surface area contributed by atoms with E-state index >= 15 is 0 Å². The Hall–Kier alpha value is -1.12. The summed E-state index contributed by atoms with van der Waals surface area (Å²) in [4.78, 5) is 11.9. The number of rotatable bonds is 5. The SMILES string of the molecule is CC(COc1ccccc1C(F)(F)F)NC(=O)C1CSCN1.Cl. The second-order valence-corrected chi connectivity index (χ2v) is 6.02. The number of halogens is 4. The molecule has 2 rings (SSSR count). The molecule has 1 aromatic carbocycles. The van der Waals surface area contributed by atoms with Crippen molar-refractivity contribution >= 4 is 30.1 Å². The Kier molecular flexibility index (Phi) is 7.50. The molecular weight excluding hydrogens is 353 g/mol. The molecular formula is C14H18ClF3N2O2S. The molecule has 0 saturated carbocycles. The molecule has 130 valence electrons. The van der Waals surface area contributed by atoms with Crippen molar-refractivity contribution in [3.63, 3.8) is 0 Å². The molecule has 0 radical (unpaired) electrons. The van der Waals surface area contributed by atoms with E-state index in [0.717, 1.165) is 11.9 Å². The van der Waals surface area contributed by atoms with Gasteiger partial charge in [-0.1, -0.05) is 12.1 Å². The van der Waals surface area contributed by atoms with E-state index in [-0.39, 0.29) is 42.8 Å². The Morgan fingerprint density at radius 3 is 2.78 bits per heavy atom. The summed E-state index contributed by atoms with van der Waals surface area (Å²) in [5, 5.41) is 5.76. The molecule has 0 spiro atoms. The lowest BCUT2D eigenvalue weighted by Gasteiger charge is -2.19. The van der Waals surface area contributed by atoms with Crippen LogP contribution in [0.25, 0.3) is 0 Å². The monoisotopic (exact) mass is 370 g/mol. The highest BCUT2D eigenvalue weighted by Gasteiger charge is 2.34. The molecule has 2 unspecified atom stereocenters. The van der Waals surface area contributed by atoms with Gasteiger partial charge in [0, 0.05) is 11.6 Å². The molecule has 1 saturated heterocycles. The normalized spacial score (nSPS) is 18.9. The minimum atomic E-state index is -4.46. The predicted molar refractivity (Wildman–Crippen MR) is 86.0 cm³/mol. The number of carbonyl (C=O) groups is 1. The van der Waals surface area contributed by atoms with E-state index < -0.39 is 11.7 Å². The molecule has 2 atom stereocenters. The molecule has 4 nitrogen and oxygen atoms in total. The number of thioether (sulfide) groups is 1. The summed E-state index contributed by atoms with van der Waals surface area (Å²) in [5.41, 5.74) is -0.817. The van der Waals surface area contributed by atoms with Crippen LogP contribution < -0.4 is 15.4 Å². The van der Waals surface area contributed by atoms with Gasteiger partial charge in [-0.05, 0) is 19.1 Å². The summed E-state index contributed by atoms with van der Waals surface area (Å²) in [6, 6.07) is 4.39. The van der Waals surface area contributed by atoms with Crippen LogP contribution in [-0.2, 0) is 11.0 Å². The van der Waals surface area contributed by atoms with Gasteiger partial charge in [0.05, 0.1) is 17.6 Å². The average molecular weight is 371 g/mol. The summed E-state index contributed by atoms with van der Waals surface area (Å²) < 4.78 is 43.7. The Balaban J connectivity index is 0.00000264. The fraction of sp³-hybridized carbons (Fsp3) is 0.500. The highest BCUT2D eigenvalue weighted by Crippen LogP contribution is 2.35. The number of ether oxygens (including phenoxy) is 1. The third-order valence-corrected chi connectivity index (χ3v) is 4.04. The molecule has 2 N–H and O–H groups in total. The molecule has 23 heavy (non-hydrogen) atoms. The quantitative estimate of drug-likeness (QED) is 0.836. The van der Waals surface area contributed by atoms with Gasteiger partial charge in [0.15, 0.2) is 0 Å². The maximum atomic E-state index is 12.8. The molecule has 1 fully saturated rings. The van der Waals surface area contributed by atoms with Gasteiger partial charge in [-0.15, -0.1) is 24.2 Å². The first kappa shape index (κ1) is 19.9. The summed E-state index contributed by atoms with van der Waals surface area (Å²) in [7, 11) is 0. The third-order valence-electron chi connectivity index (χ3n) is 3.10. The fourth-order valence-corrected chi connectivity index (χ4v) is 2.93. The van der Waals surface area contributed by atoms with Crippen LogP contribution in [0.4, 0.5) is 13.2 Å². The van der Waals surface area contributed by atoms with Crippen molar-refractivity contribution in [1.82, 2.24) is 10.6 Å². The molecule has 1 amide bonds. The van der Waals surface area contributed by atoms with Gasteiger partial charge in [-0.2, -0.15) is 13.2 Å². The van der Waals surface area contributed by atoms with Crippen molar-refractivity contribution < 1.29 is 22.7 Å². The Morgan fingerprint density at radius 1 is 1.48 bits per heavy atom. The second-order valence-electron chi connectivity index (χ2n) is 4.99. The summed E-state index contributed by atoms with van der Waals surface area (Å²) >= 11 is 1.62. The highest BCUT2D eigenvalue weighted by molar-refractivity contribution is 7.99. The van der Waals surface area contributed by atoms with Crippen molar-refractivity contribution in [2.24, 2.45) is 0 Å². The van der Waals surface area contributed by atoms with Crippen LogP contribution in [0, 0.1) is 0 Å². The molecule has 1 aliphatic heterocycles. The lowest BCUT2D eigenvalue weighted by atomic mass is 10.2. The predicted octanol–water partition coefficient (Wildman–Crippen LogP) is 2.67. The maximum absolute atomic E-state index is 12.8. The number of hydrogen-bond donors (Lipinski definition) is 2. The number of nitrogens with one attached hydrogen (secondary N) is 2. The topological polar surface area (TPSA) is 50.4 Å². The number of benzene rings is 1. The molecule has 9 heteroatoms. The summed E-state index contributed by atoms with van der Waals surface area (Å²) in [6.07, 6.45) is -4.46. The van der Waals surface area contributed by atoms with Crippen LogP contribution in [0.3, 0.4) is 0 Å². The summed E-state index contributed by atoms with van der Waals surface area (Å²) in [6.45, 7) is 1.66. The first-order valence-corrected chi connectivity index (χ1v) is 7.94. The molecule has 1 aliphatic rings. The van der Waals surface area contributed by atoms with Gasteiger partial charge in [0.1, 0.15) is 12.4 Å². The number of para-hydroxylation sites is 1. The van der Waals surface area contributed by atoms with Crippen LogP contribution in [0.15, 0.2) is 24.3 Å². The minimum absolute atomic E-state index is 0. The lowest BCUT2D eigenvalue weighted by molar-refractivity contribution is -0.139. The molecule has 0 bridgehead atoms. The molecule has 0 aromatic heterocycles. The van der Waals surface area contributed by atoms with Crippen molar-refractivity contribution in [3.8, 4) is 5.75 Å². The minimum Gasteiger partial charge on any atom is -0.491 e. The summed E-state index contributed by atoms with van der Waals surface area (Å²) in [5.74, 6) is 1.02. The second kappa shape index (κ2) is 8.65. The van der Waals surface area contributed by atoms with E-state index in [4.69, 9.17) is 4.74 Å². The van der Waals surface area contributed by atoms with E-state index in [0.29, 0.717) is 5.75 Å². The average Bonchev–Trinajstić information content (AvgIpc) is 2.98. The van der Waals surface area contributed by atoms with Gasteiger partial charge in [0.25, 0.3) is 0 Å². The van der Waals surface area contributed by atoms with Crippen molar-refractivity contribution in [3.05, 3.63) is 29.8 Å². The van der Waals surface area contributed by atoms with E-state index in [2.05, 4.69) is 10.6 Å². The van der Waals surface area contributed by atoms with Gasteiger partial charge >= 0.3 is 6.18 Å². The van der Waals surface area contributed by atoms with Crippen LogP contribution in [0.1, 0.15) is 12.5 Å². The van der Waals surface area contributed by atoms with Gasteiger partial charge in [0.2, 0.25) is 5.91 Å². The zero-order valence-corrected chi connectivity index (χ0v) is 14.0. The molecule has 1 aromatic rings. The van der Waals surface area contributed by atoms with Crippen molar-refractivity contribution in [2.45, 2.75) is 25.2 Å².